The molecule has 1 unspecified atom stereocenters. The SMILES string of the molecule is Cc1ncc(C(=O)NCc2ccccc2)c(C2CCCCN2S(=O)(=O)N(C)C)n1. The second kappa shape index (κ2) is 8.98. The van der Waals surface area contributed by atoms with E-state index < -0.39 is 16.3 Å². The molecule has 0 saturated carbocycles. The molecular formula is C20H27N5O3S. The Morgan fingerprint density at radius 2 is 1.97 bits per heavy atom. The van der Waals surface area contributed by atoms with E-state index >= 15 is 0 Å². The van der Waals surface area contributed by atoms with Crippen molar-refractivity contribution in [3.63, 3.8) is 0 Å². The minimum atomic E-state index is -3.63. The Bertz CT molecular complexity index is 963. The molecule has 0 radical (unpaired) electrons. The quantitative estimate of drug-likeness (QED) is 0.776. The predicted octanol–water partition coefficient (Wildman–Crippen LogP) is 2.05. The molecule has 1 saturated heterocycles. The molecule has 1 aliphatic rings. The van der Waals surface area contributed by atoms with Gasteiger partial charge in [-0.25, -0.2) is 9.97 Å². The Morgan fingerprint density at radius 1 is 1.24 bits per heavy atom. The molecule has 2 heterocycles. The fourth-order valence-electron chi connectivity index (χ4n) is 3.45. The van der Waals surface area contributed by atoms with Gasteiger partial charge in [0.2, 0.25) is 0 Å². The van der Waals surface area contributed by atoms with Gasteiger partial charge in [0.15, 0.2) is 0 Å². The van der Waals surface area contributed by atoms with E-state index in [2.05, 4.69) is 15.3 Å². The van der Waals surface area contributed by atoms with Gasteiger partial charge in [0.05, 0.1) is 17.3 Å². The van der Waals surface area contributed by atoms with E-state index in [9.17, 15) is 13.2 Å². The lowest BCUT2D eigenvalue weighted by Crippen LogP contribution is -2.45. The highest BCUT2D eigenvalue weighted by Gasteiger charge is 2.37. The molecule has 1 N–H and O–H groups in total. The first-order valence-corrected chi connectivity index (χ1v) is 11.1. The maximum Gasteiger partial charge on any atom is 0.282 e. The Hall–Kier alpha value is -2.36. The van der Waals surface area contributed by atoms with Crippen LogP contribution in [0, 0.1) is 6.92 Å². The maximum atomic E-state index is 12.9. The normalized spacial score (nSPS) is 18.0. The largest absolute Gasteiger partial charge is 0.348 e. The molecule has 1 aromatic carbocycles. The average Bonchev–Trinajstić information content (AvgIpc) is 2.72. The summed E-state index contributed by atoms with van der Waals surface area (Å²) in [5.74, 6) is 0.198. The van der Waals surface area contributed by atoms with Gasteiger partial charge in [0.25, 0.3) is 16.1 Å². The number of aromatic nitrogens is 2. The number of carbonyl (C=O) groups excluding carboxylic acids is 1. The summed E-state index contributed by atoms with van der Waals surface area (Å²) in [4.78, 5) is 21.6. The predicted molar refractivity (Wildman–Crippen MR) is 110 cm³/mol. The summed E-state index contributed by atoms with van der Waals surface area (Å²) < 4.78 is 28.4. The molecule has 8 nitrogen and oxygen atoms in total. The fraction of sp³-hybridized carbons (Fsp3) is 0.450. The highest BCUT2D eigenvalue weighted by atomic mass is 32.2. The van der Waals surface area contributed by atoms with E-state index in [1.165, 1.54) is 28.9 Å². The zero-order valence-electron chi connectivity index (χ0n) is 17.0. The molecule has 0 spiro atoms. The molecule has 9 heteroatoms. The summed E-state index contributed by atoms with van der Waals surface area (Å²) >= 11 is 0. The fourth-order valence-corrected chi connectivity index (χ4v) is 4.76. The summed E-state index contributed by atoms with van der Waals surface area (Å²) in [6.07, 6.45) is 3.76. The third-order valence-corrected chi connectivity index (χ3v) is 6.96. The molecule has 1 aromatic heterocycles. The molecule has 156 valence electrons. The number of nitrogens with one attached hydrogen (secondary N) is 1. The van der Waals surface area contributed by atoms with Gasteiger partial charge in [0.1, 0.15) is 5.82 Å². The molecule has 1 aliphatic heterocycles. The van der Waals surface area contributed by atoms with Crippen LogP contribution in [0.1, 0.15) is 52.7 Å². The molecule has 1 fully saturated rings. The number of piperidine rings is 1. The lowest BCUT2D eigenvalue weighted by molar-refractivity contribution is 0.0946. The van der Waals surface area contributed by atoms with Crippen LogP contribution >= 0.6 is 0 Å². The Morgan fingerprint density at radius 3 is 2.66 bits per heavy atom. The third kappa shape index (κ3) is 4.80. The highest BCUT2D eigenvalue weighted by Crippen LogP contribution is 2.34. The number of carbonyl (C=O) groups is 1. The minimum absolute atomic E-state index is 0.309. The van der Waals surface area contributed by atoms with Crippen LogP contribution < -0.4 is 5.32 Å². The van der Waals surface area contributed by atoms with E-state index in [1.807, 2.05) is 30.3 Å². The number of rotatable bonds is 6. The van der Waals surface area contributed by atoms with Crippen molar-refractivity contribution in [2.75, 3.05) is 20.6 Å². The Kier molecular flexibility index (Phi) is 6.61. The first-order chi connectivity index (χ1) is 13.8. The van der Waals surface area contributed by atoms with Crippen LogP contribution in [0.25, 0.3) is 0 Å². The highest BCUT2D eigenvalue weighted by molar-refractivity contribution is 7.86. The lowest BCUT2D eigenvalue weighted by Gasteiger charge is -2.36. The van der Waals surface area contributed by atoms with Crippen LogP contribution in [0.4, 0.5) is 0 Å². The van der Waals surface area contributed by atoms with E-state index in [1.54, 1.807) is 6.92 Å². The van der Waals surface area contributed by atoms with Crippen LogP contribution in [0.2, 0.25) is 0 Å². The number of aryl methyl sites for hydroxylation is 1. The molecule has 0 bridgehead atoms. The van der Waals surface area contributed by atoms with Crippen LogP contribution in [0.3, 0.4) is 0 Å². The minimum Gasteiger partial charge on any atom is -0.348 e. The van der Waals surface area contributed by atoms with Crippen molar-refractivity contribution in [3.8, 4) is 0 Å². The average molecular weight is 418 g/mol. The van der Waals surface area contributed by atoms with Gasteiger partial charge in [-0.3, -0.25) is 4.79 Å². The summed E-state index contributed by atoms with van der Waals surface area (Å²) in [7, 11) is -0.606. The zero-order chi connectivity index (χ0) is 21.0. The molecule has 2 aromatic rings. The monoisotopic (exact) mass is 417 g/mol. The van der Waals surface area contributed by atoms with Crippen LogP contribution in [0.5, 0.6) is 0 Å². The van der Waals surface area contributed by atoms with Gasteiger partial charge < -0.3 is 5.32 Å². The number of amides is 1. The van der Waals surface area contributed by atoms with Gasteiger partial charge in [-0.05, 0) is 25.3 Å². The van der Waals surface area contributed by atoms with Crippen molar-refractivity contribution < 1.29 is 13.2 Å². The van der Waals surface area contributed by atoms with Crippen molar-refractivity contribution in [1.82, 2.24) is 23.9 Å². The molecule has 0 aliphatic carbocycles. The molecule has 3 rings (SSSR count). The van der Waals surface area contributed by atoms with Crippen molar-refractivity contribution in [3.05, 3.63) is 59.2 Å². The standard InChI is InChI=1S/C20H27N5O3S/c1-15-21-14-17(20(26)22-13-16-9-5-4-6-10-16)19(23-15)18-11-7-8-12-25(18)29(27,28)24(2)3/h4-6,9-10,14,18H,7-8,11-13H2,1-3H3,(H,22,26). The van der Waals surface area contributed by atoms with Crippen LogP contribution in [-0.4, -0.2) is 53.5 Å². The maximum absolute atomic E-state index is 12.9. The van der Waals surface area contributed by atoms with Crippen molar-refractivity contribution in [2.45, 2.75) is 38.8 Å². The van der Waals surface area contributed by atoms with Gasteiger partial charge in [0, 0.05) is 33.4 Å². The zero-order valence-corrected chi connectivity index (χ0v) is 17.8. The Balaban J connectivity index is 1.92. The molecule has 29 heavy (non-hydrogen) atoms. The third-order valence-electron chi connectivity index (χ3n) is 5.01. The van der Waals surface area contributed by atoms with Gasteiger partial charge in [-0.1, -0.05) is 36.8 Å². The molecule has 1 amide bonds. The number of hydrogen-bond donors (Lipinski definition) is 1. The van der Waals surface area contributed by atoms with Crippen LogP contribution in [0.15, 0.2) is 36.5 Å². The van der Waals surface area contributed by atoms with Gasteiger partial charge in [-0.2, -0.15) is 17.0 Å². The van der Waals surface area contributed by atoms with Crippen LogP contribution in [-0.2, 0) is 16.8 Å². The van der Waals surface area contributed by atoms with Gasteiger partial charge >= 0.3 is 0 Å². The lowest BCUT2D eigenvalue weighted by atomic mass is 9.98. The second-order valence-corrected chi connectivity index (χ2v) is 9.39. The number of hydrogen-bond acceptors (Lipinski definition) is 5. The Labute approximate surface area is 172 Å². The second-order valence-electron chi connectivity index (χ2n) is 7.30. The first-order valence-electron chi connectivity index (χ1n) is 9.65. The van der Waals surface area contributed by atoms with E-state index in [4.69, 9.17) is 0 Å². The molecular weight excluding hydrogens is 390 g/mol. The number of nitrogens with zero attached hydrogens (tertiary/aromatic N) is 4. The van der Waals surface area contributed by atoms with Crippen molar-refractivity contribution in [1.29, 1.82) is 0 Å². The summed E-state index contributed by atoms with van der Waals surface area (Å²) in [5.41, 5.74) is 1.76. The van der Waals surface area contributed by atoms with E-state index in [0.717, 1.165) is 18.4 Å². The van der Waals surface area contributed by atoms with E-state index in [0.29, 0.717) is 36.6 Å². The first kappa shape index (κ1) is 21.4. The smallest absolute Gasteiger partial charge is 0.282 e. The molecule has 1 atom stereocenters. The van der Waals surface area contributed by atoms with E-state index in [-0.39, 0.29) is 5.91 Å². The summed E-state index contributed by atoms with van der Waals surface area (Å²) in [6.45, 7) is 2.51. The summed E-state index contributed by atoms with van der Waals surface area (Å²) in [5, 5.41) is 2.89. The summed E-state index contributed by atoms with van der Waals surface area (Å²) in [6, 6.07) is 9.11. The van der Waals surface area contributed by atoms with Crippen molar-refractivity contribution in [2.24, 2.45) is 0 Å². The van der Waals surface area contributed by atoms with Gasteiger partial charge in [-0.15, -0.1) is 0 Å². The van der Waals surface area contributed by atoms with Crippen molar-refractivity contribution >= 4 is 16.1 Å². The topological polar surface area (TPSA) is 95.5 Å². The number of benzene rings is 1.